The van der Waals surface area contributed by atoms with Crippen LogP contribution < -0.4 is 9.47 Å². The van der Waals surface area contributed by atoms with Crippen LogP contribution in [0, 0.1) is 11.6 Å². The Labute approximate surface area is 204 Å². The van der Waals surface area contributed by atoms with E-state index in [1.807, 2.05) is 18.2 Å². The van der Waals surface area contributed by atoms with Crippen LogP contribution in [-0.2, 0) is 6.42 Å². The van der Waals surface area contributed by atoms with Crippen LogP contribution in [0.1, 0.15) is 41.3 Å². The van der Waals surface area contributed by atoms with E-state index in [2.05, 4.69) is 55.5 Å². The lowest BCUT2D eigenvalue weighted by molar-refractivity contribution is 0.0733. The molecule has 0 unspecified atom stereocenters. The van der Waals surface area contributed by atoms with Gasteiger partial charge in [-0.3, -0.25) is 0 Å². The predicted octanol–water partition coefficient (Wildman–Crippen LogP) is 7.60. The highest BCUT2D eigenvalue weighted by molar-refractivity contribution is 5.91. The van der Waals surface area contributed by atoms with Gasteiger partial charge in [-0.25, -0.2) is 13.6 Å². The van der Waals surface area contributed by atoms with Crippen molar-refractivity contribution in [2.24, 2.45) is 0 Å². The van der Waals surface area contributed by atoms with Crippen LogP contribution >= 0.6 is 0 Å². The van der Waals surface area contributed by atoms with Crippen molar-refractivity contribution in [1.29, 1.82) is 0 Å². The number of carbonyl (C=O) groups excluding carboxylic acids is 1. The highest BCUT2D eigenvalue weighted by Crippen LogP contribution is 2.28. The molecular weight excluding hydrogens is 446 g/mol. The van der Waals surface area contributed by atoms with Gasteiger partial charge in [-0.2, -0.15) is 0 Å². The summed E-state index contributed by atoms with van der Waals surface area (Å²) in [6.45, 7) is 3.96. The molecule has 0 N–H and O–H groups in total. The van der Waals surface area contributed by atoms with E-state index in [1.165, 1.54) is 11.1 Å². The molecule has 4 aromatic rings. The standard InChI is InChI=1S/C30H26F2O3/c1-3-34-29-27(31)18-26(19-28(29)32)35-30(33)25-15-13-24(14-16-25)23-11-9-21(10-12-23)17-20(2)22-7-5-4-6-8-22/h4-16,18-20H,3,17H2,1-2H3/t20-/m0/s1. The van der Waals surface area contributed by atoms with Crippen LogP contribution in [0.25, 0.3) is 11.1 Å². The minimum Gasteiger partial charge on any atom is -0.488 e. The average Bonchev–Trinajstić information content (AvgIpc) is 2.87. The summed E-state index contributed by atoms with van der Waals surface area (Å²) in [5.74, 6) is -2.84. The topological polar surface area (TPSA) is 35.5 Å². The third-order valence-electron chi connectivity index (χ3n) is 5.79. The van der Waals surface area contributed by atoms with E-state index in [4.69, 9.17) is 9.47 Å². The fourth-order valence-corrected chi connectivity index (χ4v) is 3.93. The molecule has 0 aliphatic heterocycles. The van der Waals surface area contributed by atoms with Gasteiger partial charge in [0.2, 0.25) is 0 Å². The predicted molar refractivity (Wildman–Crippen MR) is 133 cm³/mol. The van der Waals surface area contributed by atoms with Crippen molar-refractivity contribution in [1.82, 2.24) is 0 Å². The summed E-state index contributed by atoms with van der Waals surface area (Å²) in [5, 5.41) is 0. The molecule has 0 radical (unpaired) electrons. The van der Waals surface area contributed by atoms with E-state index in [0.717, 1.165) is 29.7 Å². The number of halogens is 2. The van der Waals surface area contributed by atoms with E-state index < -0.39 is 23.4 Å². The van der Waals surface area contributed by atoms with Gasteiger partial charge in [0.05, 0.1) is 12.2 Å². The Hall–Kier alpha value is -3.99. The Morgan fingerprint density at radius 1 is 0.829 bits per heavy atom. The van der Waals surface area contributed by atoms with Crippen LogP contribution in [0.3, 0.4) is 0 Å². The first-order chi connectivity index (χ1) is 16.9. The van der Waals surface area contributed by atoms with Crippen LogP contribution in [-0.4, -0.2) is 12.6 Å². The summed E-state index contributed by atoms with van der Waals surface area (Å²) in [5.41, 5.74) is 4.81. The molecule has 0 bridgehead atoms. The molecule has 4 rings (SSSR count). The number of rotatable bonds is 8. The van der Waals surface area contributed by atoms with Crippen LogP contribution in [0.2, 0.25) is 0 Å². The first-order valence-electron chi connectivity index (χ1n) is 11.5. The van der Waals surface area contributed by atoms with Crippen molar-refractivity contribution in [2.75, 3.05) is 6.61 Å². The van der Waals surface area contributed by atoms with E-state index in [0.29, 0.717) is 5.92 Å². The Bertz CT molecular complexity index is 1260. The largest absolute Gasteiger partial charge is 0.488 e. The molecule has 0 saturated carbocycles. The van der Waals surface area contributed by atoms with Crippen molar-refractivity contribution in [3.63, 3.8) is 0 Å². The number of ether oxygens (including phenoxy) is 2. The number of hydrogen-bond donors (Lipinski definition) is 0. The molecular formula is C30H26F2O3. The van der Waals surface area contributed by atoms with Crippen molar-refractivity contribution in [3.8, 4) is 22.6 Å². The summed E-state index contributed by atoms with van der Waals surface area (Å²) in [6.07, 6.45) is 0.946. The van der Waals surface area contributed by atoms with E-state index in [-0.39, 0.29) is 17.9 Å². The van der Waals surface area contributed by atoms with Gasteiger partial charge >= 0.3 is 5.97 Å². The molecule has 0 saturated heterocycles. The Balaban J connectivity index is 1.41. The van der Waals surface area contributed by atoms with E-state index >= 15 is 0 Å². The van der Waals surface area contributed by atoms with Gasteiger partial charge in [-0.05, 0) is 53.6 Å². The first-order valence-corrected chi connectivity index (χ1v) is 11.5. The molecule has 1 atom stereocenters. The lowest BCUT2D eigenvalue weighted by Gasteiger charge is -2.12. The molecule has 0 amide bonds. The molecule has 0 aliphatic carbocycles. The van der Waals surface area contributed by atoms with Gasteiger partial charge in [0.25, 0.3) is 0 Å². The third kappa shape index (κ3) is 5.93. The van der Waals surface area contributed by atoms with Crippen molar-refractivity contribution in [2.45, 2.75) is 26.2 Å². The molecule has 5 heteroatoms. The molecule has 0 spiro atoms. The number of esters is 1. The van der Waals surface area contributed by atoms with Gasteiger partial charge in [0.1, 0.15) is 5.75 Å². The van der Waals surface area contributed by atoms with Crippen LogP contribution in [0.4, 0.5) is 8.78 Å². The molecule has 3 nitrogen and oxygen atoms in total. The minimum atomic E-state index is -0.924. The summed E-state index contributed by atoms with van der Waals surface area (Å²) < 4.78 is 38.1. The average molecular weight is 473 g/mol. The second-order valence-electron chi connectivity index (χ2n) is 8.33. The fourth-order valence-electron chi connectivity index (χ4n) is 3.93. The second kappa shape index (κ2) is 11.0. The zero-order valence-corrected chi connectivity index (χ0v) is 19.6. The maximum atomic E-state index is 14.0. The normalized spacial score (nSPS) is 11.7. The summed E-state index contributed by atoms with van der Waals surface area (Å²) in [6, 6.07) is 27.5. The lowest BCUT2D eigenvalue weighted by Crippen LogP contribution is -2.09. The molecule has 0 aliphatic rings. The SMILES string of the molecule is CCOc1c(F)cc(OC(=O)c2ccc(-c3ccc(C[C@H](C)c4ccccc4)cc3)cc2)cc1F. The van der Waals surface area contributed by atoms with Crippen molar-refractivity contribution < 1.29 is 23.0 Å². The Morgan fingerprint density at radius 3 is 1.97 bits per heavy atom. The zero-order valence-electron chi connectivity index (χ0n) is 19.6. The van der Waals surface area contributed by atoms with Gasteiger partial charge in [0.15, 0.2) is 17.4 Å². The second-order valence-corrected chi connectivity index (χ2v) is 8.33. The number of carbonyl (C=O) groups is 1. The summed E-state index contributed by atoms with van der Waals surface area (Å²) >= 11 is 0. The fraction of sp³-hybridized carbons (Fsp3) is 0.167. The number of hydrogen-bond acceptors (Lipinski definition) is 3. The minimum absolute atomic E-state index is 0.120. The van der Waals surface area contributed by atoms with Gasteiger partial charge < -0.3 is 9.47 Å². The third-order valence-corrected chi connectivity index (χ3v) is 5.79. The molecule has 4 aromatic carbocycles. The van der Waals surface area contributed by atoms with E-state index in [1.54, 1.807) is 19.1 Å². The molecule has 35 heavy (non-hydrogen) atoms. The first kappa shape index (κ1) is 24.1. The highest BCUT2D eigenvalue weighted by Gasteiger charge is 2.16. The molecule has 0 aromatic heterocycles. The summed E-state index contributed by atoms with van der Waals surface area (Å²) in [7, 11) is 0. The Kier molecular flexibility index (Phi) is 7.56. The van der Waals surface area contributed by atoms with E-state index in [9.17, 15) is 13.6 Å². The smallest absolute Gasteiger partial charge is 0.343 e. The highest BCUT2D eigenvalue weighted by atomic mass is 19.1. The molecule has 0 fully saturated rings. The Morgan fingerprint density at radius 2 is 1.40 bits per heavy atom. The number of benzene rings is 4. The van der Waals surface area contributed by atoms with Crippen LogP contribution in [0.5, 0.6) is 11.5 Å². The van der Waals surface area contributed by atoms with Gasteiger partial charge in [0, 0.05) is 12.1 Å². The molecule has 178 valence electrons. The maximum absolute atomic E-state index is 14.0. The van der Waals surface area contributed by atoms with Crippen molar-refractivity contribution in [3.05, 3.63) is 119 Å². The maximum Gasteiger partial charge on any atom is 0.343 e. The van der Waals surface area contributed by atoms with Gasteiger partial charge in [-0.1, -0.05) is 73.7 Å². The zero-order chi connectivity index (χ0) is 24.8. The van der Waals surface area contributed by atoms with Crippen molar-refractivity contribution >= 4 is 5.97 Å². The van der Waals surface area contributed by atoms with Crippen LogP contribution in [0.15, 0.2) is 91.0 Å². The lowest BCUT2D eigenvalue weighted by atomic mass is 9.93. The van der Waals surface area contributed by atoms with Gasteiger partial charge in [-0.15, -0.1) is 0 Å². The monoisotopic (exact) mass is 472 g/mol. The summed E-state index contributed by atoms with van der Waals surface area (Å²) in [4.78, 5) is 12.5. The molecule has 0 heterocycles. The quantitative estimate of drug-likeness (QED) is 0.196.